The lowest BCUT2D eigenvalue weighted by atomic mass is 10.1. The number of ether oxygens (including phenoxy) is 1. The number of nitrogens with one attached hydrogen (secondary N) is 1. The molecule has 0 spiro atoms. The molecule has 0 atom stereocenters. The maximum Gasteiger partial charge on any atom is 0.129 e. The van der Waals surface area contributed by atoms with Gasteiger partial charge in [-0.2, -0.15) is 0 Å². The quantitative estimate of drug-likeness (QED) is 0.403. The van der Waals surface area contributed by atoms with Crippen LogP contribution >= 0.6 is 0 Å². The van der Waals surface area contributed by atoms with Crippen LogP contribution in [0.1, 0.15) is 58.3 Å². The molecule has 0 saturated carbocycles. The Balaban J connectivity index is 1.76. The molecule has 124 valence electrons. The van der Waals surface area contributed by atoms with Crippen LogP contribution in [0.3, 0.4) is 0 Å². The van der Waals surface area contributed by atoms with Crippen LogP contribution in [0.5, 0.6) is 0 Å². The summed E-state index contributed by atoms with van der Waals surface area (Å²) in [5, 5.41) is 3.31. The number of aromatic nitrogens is 2. The van der Waals surface area contributed by atoms with Gasteiger partial charge in [-0.1, -0.05) is 51.2 Å². The number of rotatable bonds is 14. The Morgan fingerprint density at radius 1 is 1.09 bits per heavy atom. The molecule has 1 aromatic rings. The Hall–Kier alpha value is -1.42. The second-order valence-corrected chi connectivity index (χ2v) is 5.48. The molecular formula is C18H31N3O. The topological polar surface area (TPSA) is 47.0 Å². The lowest BCUT2D eigenvalue weighted by Crippen LogP contribution is -2.03. The van der Waals surface area contributed by atoms with E-state index in [0.29, 0.717) is 0 Å². The molecule has 0 unspecified atom stereocenters. The lowest BCUT2D eigenvalue weighted by Gasteiger charge is -2.05. The largest absolute Gasteiger partial charge is 0.377 e. The van der Waals surface area contributed by atoms with Gasteiger partial charge in [0.05, 0.1) is 6.61 Å². The number of unbranched alkanes of at least 4 members (excludes halogenated alkanes) is 6. The maximum absolute atomic E-state index is 5.57. The normalized spacial score (nSPS) is 11.1. The molecule has 0 aliphatic heterocycles. The van der Waals surface area contributed by atoms with Crippen molar-refractivity contribution >= 4 is 5.82 Å². The SMILES string of the molecule is CCC/C=C/COCCCCCCCCNc1ccncn1. The summed E-state index contributed by atoms with van der Waals surface area (Å²) in [6.45, 7) is 4.85. The van der Waals surface area contributed by atoms with Crippen LogP contribution in [0, 0.1) is 0 Å². The third-order valence-corrected chi connectivity index (χ3v) is 3.44. The lowest BCUT2D eigenvalue weighted by molar-refractivity contribution is 0.157. The van der Waals surface area contributed by atoms with Gasteiger partial charge in [0.1, 0.15) is 12.1 Å². The molecule has 0 amide bonds. The van der Waals surface area contributed by atoms with E-state index in [9.17, 15) is 0 Å². The first kappa shape index (κ1) is 18.6. The van der Waals surface area contributed by atoms with E-state index in [1.165, 1.54) is 44.9 Å². The zero-order valence-corrected chi connectivity index (χ0v) is 14.0. The van der Waals surface area contributed by atoms with Crippen molar-refractivity contribution in [3.05, 3.63) is 30.7 Å². The minimum atomic E-state index is 0.773. The van der Waals surface area contributed by atoms with E-state index in [2.05, 4.69) is 34.4 Å². The summed E-state index contributed by atoms with van der Waals surface area (Å²) < 4.78 is 5.57. The van der Waals surface area contributed by atoms with Crippen molar-refractivity contribution < 1.29 is 4.74 Å². The number of anilines is 1. The fraction of sp³-hybridized carbons (Fsp3) is 0.667. The van der Waals surface area contributed by atoms with Crippen LogP contribution in [0.2, 0.25) is 0 Å². The first-order valence-corrected chi connectivity index (χ1v) is 8.66. The van der Waals surface area contributed by atoms with Gasteiger partial charge in [0.2, 0.25) is 0 Å². The Kier molecular flexibility index (Phi) is 12.3. The third kappa shape index (κ3) is 11.3. The summed E-state index contributed by atoms with van der Waals surface area (Å²) in [4.78, 5) is 8.04. The van der Waals surface area contributed by atoms with Crippen molar-refractivity contribution in [2.45, 2.75) is 58.3 Å². The molecule has 0 aromatic carbocycles. The van der Waals surface area contributed by atoms with E-state index in [1.807, 2.05) is 6.07 Å². The highest BCUT2D eigenvalue weighted by Gasteiger charge is 1.93. The van der Waals surface area contributed by atoms with Crippen molar-refractivity contribution in [2.24, 2.45) is 0 Å². The molecule has 4 nitrogen and oxygen atoms in total. The molecule has 0 saturated heterocycles. The van der Waals surface area contributed by atoms with Gasteiger partial charge in [0, 0.05) is 19.3 Å². The van der Waals surface area contributed by atoms with Gasteiger partial charge in [0.15, 0.2) is 0 Å². The van der Waals surface area contributed by atoms with E-state index in [1.54, 1.807) is 12.5 Å². The summed E-state index contributed by atoms with van der Waals surface area (Å²) in [5.41, 5.74) is 0. The molecular weight excluding hydrogens is 274 g/mol. The van der Waals surface area contributed by atoms with Crippen LogP contribution < -0.4 is 5.32 Å². The monoisotopic (exact) mass is 305 g/mol. The van der Waals surface area contributed by atoms with Crippen LogP contribution in [0.15, 0.2) is 30.7 Å². The van der Waals surface area contributed by atoms with E-state index in [4.69, 9.17) is 4.74 Å². The molecule has 1 rings (SSSR count). The Labute approximate surface area is 135 Å². The second kappa shape index (κ2) is 14.5. The highest BCUT2D eigenvalue weighted by molar-refractivity contribution is 5.30. The Morgan fingerprint density at radius 3 is 2.68 bits per heavy atom. The minimum absolute atomic E-state index is 0.773. The predicted octanol–water partition coefficient (Wildman–Crippen LogP) is 4.60. The molecule has 0 fully saturated rings. The van der Waals surface area contributed by atoms with E-state index in [-0.39, 0.29) is 0 Å². The Morgan fingerprint density at radius 2 is 1.91 bits per heavy atom. The molecule has 1 N–H and O–H groups in total. The van der Waals surface area contributed by atoms with Crippen LogP contribution in [0.4, 0.5) is 5.82 Å². The summed E-state index contributed by atoms with van der Waals surface area (Å²) in [5.74, 6) is 0.917. The fourth-order valence-electron chi connectivity index (χ4n) is 2.15. The second-order valence-electron chi connectivity index (χ2n) is 5.48. The molecule has 1 aromatic heterocycles. The van der Waals surface area contributed by atoms with Gasteiger partial charge in [-0.15, -0.1) is 0 Å². The highest BCUT2D eigenvalue weighted by Crippen LogP contribution is 2.06. The number of hydrogen-bond acceptors (Lipinski definition) is 4. The smallest absolute Gasteiger partial charge is 0.129 e. The number of hydrogen-bond donors (Lipinski definition) is 1. The molecule has 0 radical (unpaired) electrons. The summed E-state index contributed by atoms with van der Waals surface area (Å²) in [7, 11) is 0. The average Bonchev–Trinajstić information content (AvgIpc) is 2.56. The van der Waals surface area contributed by atoms with Gasteiger partial charge < -0.3 is 10.1 Å². The van der Waals surface area contributed by atoms with Crippen LogP contribution in [0.25, 0.3) is 0 Å². The predicted molar refractivity (Wildman–Crippen MR) is 93.1 cm³/mol. The van der Waals surface area contributed by atoms with Crippen LogP contribution in [-0.4, -0.2) is 29.7 Å². The standard InChI is InChI=1S/C18H31N3O/c1-2-3-4-10-15-22-16-11-8-6-5-7-9-13-20-18-12-14-19-17-21-18/h4,10,12,14,17H,2-3,5-9,11,13,15-16H2,1H3,(H,19,20,21)/b10-4+. The molecule has 0 bridgehead atoms. The maximum atomic E-state index is 5.57. The van der Waals surface area contributed by atoms with Crippen molar-refractivity contribution in [1.82, 2.24) is 9.97 Å². The molecule has 0 aliphatic carbocycles. The van der Waals surface area contributed by atoms with Gasteiger partial charge in [-0.3, -0.25) is 0 Å². The first-order chi connectivity index (χ1) is 10.9. The highest BCUT2D eigenvalue weighted by atomic mass is 16.5. The van der Waals surface area contributed by atoms with Gasteiger partial charge in [0.25, 0.3) is 0 Å². The molecule has 22 heavy (non-hydrogen) atoms. The van der Waals surface area contributed by atoms with E-state index < -0.39 is 0 Å². The molecule has 0 aliphatic rings. The van der Waals surface area contributed by atoms with Crippen molar-refractivity contribution in [2.75, 3.05) is 25.1 Å². The summed E-state index contributed by atoms with van der Waals surface area (Å²) >= 11 is 0. The van der Waals surface area contributed by atoms with Gasteiger partial charge in [-0.05, 0) is 25.3 Å². The Bertz CT molecular complexity index is 368. The van der Waals surface area contributed by atoms with Crippen LogP contribution in [-0.2, 0) is 4.74 Å². The van der Waals surface area contributed by atoms with Gasteiger partial charge >= 0.3 is 0 Å². The number of allylic oxidation sites excluding steroid dienone is 1. The zero-order chi connectivity index (χ0) is 15.7. The summed E-state index contributed by atoms with van der Waals surface area (Å²) in [6.07, 6.45) is 17.6. The van der Waals surface area contributed by atoms with Crippen molar-refractivity contribution in [1.29, 1.82) is 0 Å². The number of nitrogens with zero attached hydrogens (tertiary/aromatic N) is 2. The van der Waals surface area contributed by atoms with E-state index >= 15 is 0 Å². The molecule has 4 heteroatoms. The van der Waals surface area contributed by atoms with E-state index in [0.717, 1.165) is 32.0 Å². The van der Waals surface area contributed by atoms with Crippen molar-refractivity contribution in [3.63, 3.8) is 0 Å². The molecule has 1 heterocycles. The summed E-state index contributed by atoms with van der Waals surface area (Å²) in [6, 6.07) is 1.90. The minimum Gasteiger partial charge on any atom is -0.377 e. The average molecular weight is 305 g/mol. The van der Waals surface area contributed by atoms with Gasteiger partial charge in [-0.25, -0.2) is 9.97 Å². The van der Waals surface area contributed by atoms with Crippen molar-refractivity contribution in [3.8, 4) is 0 Å². The fourth-order valence-corrected chi connectivity index (χ4v) is 2.15. The third-order valence-electron chi connectivity index (χ3n) is 3.44. The first-order valence-electron chi connectivity index (χ1n) is 8.66. The zero-order valence-electron chi connectivity index (χ0n) is 14.0.